The standard InChI is InChI=1S/C25H35N7O2S2/c1-5-34-23(26-2)17-27-12-11-20-16-29-25(35-20)24(33)30-21(7-6-14-32(3)4)22-15-18(10-13-28-22)31-36-19-8-9-19/h10,12-13,15-17,19,21H,2,5-9,11,14H2,1,3-4H3,(H,28,31)(H,30,33)/b23-17+,27-12?. The number of nitrogens with zero attached hydrogens (tertiary/aromatic N) is 5. The fraction of sp³-hybridized carbons (Fsp3) is 0.480. The van der Waals surface area contributed by atoms with Crippen molar-refractivity contribution in [2.75, 3.05) is 32.0 Å². The first-order valence-electron chi connectivity index (χ1n) is 12.1. The van der Waals surface area contributed by atoms with Crippen LogP contribution in [0.2, 0.25) is 0 Å². The lowest BCUT2D eigenvalue weighted by Crippen LogP contribution is -2.29. The average Bonchev–Trinajstić information content (AvgIpc) is 3.59. The molecule has 1 aliphatic carbocycles. The zero-order chi connectivity index (χ0) is 25.8. The number of aliphatic imine (C=N–C) groups is 2. The summed E-state index contributed by atoms with van der Waals surface area (Å²) in [5.74, 6) is 0.178. The molecule has 2 N–H and O–H groups in total. The largest absolute Gasteiger partial charge is 0.477 e. The monoisotopic (exact) mass is 529 g/mol. The van der Waals surface area contributed by atoms with E-state index in [0.29, 0.717) is 29.2 Å². The molecule has 1 amide bonds. The Kier molecular flexibility index (Phi) is 11.4. The third-order valence-corrected chi connectivity index (χ3v) is 7.36. The molecule has 194 valence electrons. The molecule has 1 aliphatic rings. The number of hydrogen-bond acceptors (Lipinski definition) is 10. The Balaban J connectivity index is 1.63. The van der Waals surface area contributed by atoms with Crippen LogP contribution >= 0.6 is 23.3 Å². The van der Waals surface area contributed by atoms with Gasteiger partial charge in [-0.25, -0.2) is 9.98 Å². The van der Waals surface area contributed by atoms with Crippen molar-refractivity contribution >= 4 is 47.8 Å². The number of hydrogen-bond donors (Lipinski definition) is 2. The quantitative estimate of drug-likeness (QED) is 0.184. The van der Waals surface area contributed by atoms with Crippen LogP contribution in [0.25, 0.3) is 0 Å². The maximum absolute atomic E-state index is 13.1. The number of ether oxygens (including phenoxy) is 1. The average molecular weight is 530 g/mol. The summed E-state index contributed by atoms with van der Waals surface area (Å²) in [7, 11) is 4.10. The summed E-state index contributed by atoms with van der Waals surface area (Å²) in [4.78, 5) is 33.0. The van der Waals surface area contributed by atoms with Gasteiger partial charge in [-0.15, -0.1) is 11.3 Å². The van der Waals surface area contributed by atoms with Crippen LogP contribution in [0.15, 0.2) is 46.6 Å². The van der Waals surface area contributed by atoms with Gasteiger partial charge in [-0.05, 0) is 84.0 Å². The maximum atomic E-state index is 13.1. The summed E-state index contributed by atoms with van der Waals surface area (Å²) < 4.78 is 8.69. The Morgan fingerprint density at radius 3 is 2.97 bits per heavy atom. The number of anilines is 1. The van der Waals surface area contributed by atoms with Crippen molar-refractivity contribution in [3.8, 4) is 0 Å². The summed E-state index contributed by atoms with van der Waals surface area (Å²) in [5, 5.41) is 4.28. The van der Waals surface area contributed by atoms with Gasteiger partial charge in [-0.2, -0.15) is 0 Å². The van der Waals surface area contributed by atoms with E-state index >= 15 is 0 Å². The second-order valence-electron chi connectivity index (χ2n) is 8.59. The van der Waals surface area contributed by atoms with Gasteiger partial charge in [-0.3, -0.25) is 14.8 Å². The van der Waals surface area contributed by atoms with Gasteiger partial charge in [0.25, 0.3) is 5.91 Å². The summed E-state index contributed by atoms with van der Waals surface area (Å²) >= 11 is 3.11. The number of rotatable bonds is 16. The molecule has 1 saturated carbocycles. The van der Waals surface area contributed by atoms with Crippen molar-refractivity contribution in [3.63, 3.8) is 0 Å². The van der Waals surface area contributed by atoms with Crippen molar-refractivity contribution in [1.82, 2.24) is 20.2 Å². The second-order valence-corrected chi connectivity index (χ2v) is 10.8. The molecule has 1 unspecified atom stereocenters. The van der Waals surface area contributed by atoms with Gasteiger partial charge >= 0.3 is 0 Å². The highest BCUT2D eigenvalue weighted by molar-refractivity contribution is 8.01. The summed E-state index contributed by atoms with van der Waals surface area (Å²) in [6.07, 6.45) is 11.5. The van der Waals surface area contributed by atoms with E-state index < -0.39 is 0 Å². The molecule has 2 aromatic heterocycles. The van der Waals surface area contributed by atoms with Crippen LogP contribution in [-0.2, 0) is 11.2 Å². The molecule has 0 radical (unpaired) electrons. The van der Waals surface area contributed by atoms with Gasteiger partial charge < -0.3 is 19.7 Å². The van der Waals surface area contributed by atoms with Crippen molar-refractivity contribution < 1.29 is 9.53 Å². The SMILES string of the molecule is C=N/C(=C\N=CCc1cnc(C(=O)NC(CCCN(C)C)c2cc(NSC3CC3)ccn2)s1)OCC. The smallest absolute Gasteiger partial charge is 0.280 e. The lowest BCUT2D eigenvalue weighted by molar-refractivity contribution is 0.0932. The fourth-order valence-electron chi connectivity index (χ4n) is 3.20. The Morgan fingerprint density at radius 2 is 2.25 bits per heavy atom. The van der Waals surface area contributed by atoms with Crippen LogP contribution in [0.4, 0.5) is 5.69 Å². The Hall–Kier alpha value is -2.76. The number of thiazole rings is 1. The van der Waals surface area contributed by atoms with Crippen molar-refractivity contribution in [3.05, 3.63) is 52.2 Å². The maximum Gasteiger partial charge on any atom is 0.280 e. The molecule has 0 bridgehead atoms. The summed E-state index contributed by atoms with van der Waals surface area (Å²) in [5.41, 5.74) is 1.85. The van der Waals surface area contributed by atoms with E-state index in [1.807, 2.05) is 33.2 Å². The first-order valence-corrected chi connectivity index (χ1v) is 13.8. The first-order chi connectivity index (χ1) is 17.5. The van der Waals surface area contributed by atoms with E-state index in [1.54, 1.807) is 30.6 Å². The molecule has 1 fully saturated rings. The van der Waals surface area contributed by atoms with Gasteiger partial charge in [0.2, 0.25) is 5.88 Å². The first kappa shape index (κ1) is 27.8. The Bertz CT molecular complexity index is 1050. The normalized spacial score (nSPS) is 14.7. The molecule has 0 aliphatic heterocycles. The molecule has 2 aromatic rings. The van der Waals surface area contributed by atoms with E-state index in [2.05, 4.69) is 41.6 Å². The summed E-state index contributed by atoms with van der Waals surface area (Å²) in [6.45, 7) is 6.76. The van der Waals surface area contributed by atoms with Crippen molar-refractivity contribution in [2.24, 2.45) is 9.98 Å². The van der Waals surface area contributed by atoms with Crippen LogP contribution in [-0.4, -0.2) is 66.2 Å². The minimum absolute atomic E-state index is 0.194. The fourth-order valence-corrected chi connectivity index (χ4v) is 4.77. The Labute approximate surface area is 221 Å². The topological polar surface area (TPSA) is 104 Å². The van der Waals surface area contributed by atoms with Gasteiger partial charge in [0.05, 0.1) is 24.5 Å². The predicted molar refractivity (Wildman–Crippen MR) is 150 cm³/mol. The van der Waals surface area contributed by atoms with Gasteiger partial charge in [0, 0.05) is 40.8 Å². The lowest BCUT2D eigenvalue weighted by Gasteiger charge is -2.19. The van der Waals surface area contributed by atoms with Crippen LogP contribution < -0.4 is 10.0 Å². The van der Waals surface area contributed by atoms with E-state index in [4.69, 9.17) is 4.74 Å². The van der Waals surface area contributed by atoms with E-state index in [0.717, 1.165) is 35.6 Å². The highest BCUT2D eigenvalue weighted by Gasteiger charge is 2.23. The molecular formula is C25H35N7O2S2. The van der Waals surface area contributed by atoms with E-state index in [1.165, 1.54) is 30.4 Å². The number of carbonyl (C=O) groups is 1. The predicted octanol–water partition coefficient (Wildman–Crippen LogP) is 4.72. The Morgan fingerprint density at radius 1 is 1.42 bits per heavy atom. The molecule has 3 rings (SSSR count). The third-order valence-electron chi connectivity index (χ3n) is 5.19. The number of nitrogens with one attached hydrogen (secondary N) is 2. The molecule has 0 aromatic carbocycles. The number of carbonyl (C=O) groups excluding carboxylic acids is 1. The molecular weight excluding hydrogens is 494 g/mol. The zero-order valence-electron chi connectivity index (χ0n) is 21.1. The van der Waals surface area contributed by atoms with E-state index in [9.17, 15) is 4.79 Å². The highest BCUT2D eigenvalue weighted by Crippen LogP contribution is 2.34. The number of pyridine rings is 1. The zero-order valence-corrected chi connectivity index (χ0v) is 22.8. The molecule has 9 nitrogen and oxygen atoms in total. The van der Waals surface area contributed by atoms with E-state index in [-0.39, 0.29) is 11.9 Å². The van der Waals surface area contributed by atoms with Crippen LogP contribution in [0.1, 0.15) is 59.0 Å². The van der Waals surface area contributed by atoms with Gasteiger partial charge in [0.1, 0.15) is 0 Å². The molecule has 0 saturated heterocycles. The van der Waals surface area contributed by atoms with Crippen LogP contribution in [0.5, 0.6) is 0 Å². The van der Waals surface area contributed by atoms with Crippen molar-refractivity contribution in [2.45, 2.75) is 50.3 Å². The van der Waals surface area contributed by atoms with Gasteiger partial charge in [0.15, 0.2) is 5.01 Å². The number of amides is 1. The minimum atomic E-state index is -0.201. The molecule has 36 heavy (non-hydrogen) atoms. The van der Waals surface area contributed by atoms with Crippen LogP contribution in [0, 0.1) is 0 Å². The molecule has 0 spiro atoms. The highest BCUT2D eigenvalue weighted by atomic mass is 32.2. The molecule has 2 heterocycles. The summed E-state index contributed by atoms with van der Waals surface area (Å²) in [6, 6.07) is 3.79. The third kappa shape index (κ3) is 9.71. The van der Waals surface area contributed by atoms with Crippen LogP contribution in [0.3, 0.4) is 0 Å². The lowest BCUT2D eigenvalue weighted by atomic mass is 10.1. The van der Waals surface area contributed by atoms with Gasteiger partial charge in [-0.1, -0.05) is 0 Å². The number of aromatic nitrogens is 2. The minimum Gasteiger partial charge on any atom is -0.477 e. The molecule has 1 atom stereocenters. The van der Waals surface area contributed by atoms with Crippen molar-refractivity contribution in [1.29, 1.82) is 0 Å². The second kappa shape index (κ2) is 14.7. The molecule has 11 heteroatoms.